The molecule has 2 aliphatic rings. The Labute approximate surface area is 140 Å². The summed E-state index contributed by atoms with van der Waals surface area (Å²) in [6.07, 6.45) is 5.43. The van der Waals surface area contributed by atoms with Crippen molar-refractivity contribution in [1.82, 2.24) is 9.80 Å². The fraction of sp³-hybridized carbons (Fsp3) is 0.650. The number of hydrogen-bond acceptors (Lipinski definition) is 2. The van der Waals surface area contributed by atoms with Gasteiger partial charge in [-0.1, -0.05) is 25.1 Å². The summed E-state index contributed by atoms with van der Waals surface area (Å²) in [4.78, 5) is 17.8. The molecule has 1 aromatic carbocycles. The molecule has 0 bridgehead atoms. The van der Waals surface area contributed by atoms with Crippen molar-refractivity contribution >= 4 is 5.91 Å². The minimum Gasteiger partial charge on any atom is -0.341 e. The van der Waals surface area contributed by atoms with Gasteiger partial charge in [0.2, 0.25) is 5.91 Å². The Balaban J connectivity index is 1.86. The van der Waals surface area contributed by atoms with E-state index in [0.29, 0.717) is 5.91 Å². The Hall–Kier alpha value is -1.35. The lowest BCUT2D eigenvalue weighted by Gasteiger charge is -2.45. The SMILES string of the molecule is CCCN1CCCC2(CCCN2Cc2c(C)cccc2C)C1=O. The lowest BCUT2D eigenvalue weighted by Crippen LogP contribution is -2.59. The largest absolute Gasteiger partial charge is 0.341 e. The number of aryl methyl sites for hydroxylation is 2. The van der Waals surface area contributed by atoms with E-state index in [0.717, 1.165) is 58.3 Å². The van der Waals surface area contributed by atoms with Crippen molar-refractivity contribution < 1.29 is 4.79 Å². The Bertz CT molecular complexity index is 561. The van der Waals surface area contributed by atoms with E-state index in [1.165, 1.54) is 16.7 Å². The van der Waals surface area contributed by atoms with Crippen LogP contribution in [0.25, 0.3) is 0 Å². The molecule has 0 saturated carbocycles. The molecule has 1 aromatic rings. The first-order chi connectivity index (χ1) is 11.1. The van der Waals surface area contributed by atoms with Crippen LogP contribution in [0.4, 0.5) is 0 Å². The molecule has 1 spiro atoms. The van der Waals surface area contributed by atoms with Crippen LogP contribution in [0.2, 0.25) is 0 Å². The third-order valence-electron chi connectivity index (χ3n) is 5.81. The molecule has 0 aliphatic carbocycles. The minimum absolute atomic E-state index is 0.220. The lowest BCUT2D eigenvalue weighted by atomic mass is 9.84. The van der Waals surface area contributed by atoms with Crippen LogP contribution in [0.5, 0.6) is 0 Å². The van der Waals surface area contributed by atoms with Gasteiger partial charge in [0, 0.05) is 19.6 Å². The average molecular weight is 314 g/mol. The molecule has 23 heavy (non-hydrogen) atoms. The molecular formula is C20H30N2O. The smallest absolute Gasteiger partial charge is 0.243 e. The topological polar surface area (TPSA) is 23.6 Å². The molecule has 2 fully saturated rings. The van der Waals surface area contributed by atoms with Crippen molar-refractivity contribution in [2.45, 2.75) is 65.0 Å². The van der Waals surface area contributed by atoms with Gasteiger partial charge in [0.05, 0.1) is 0 Å². The van der Waals surface area contributed by atoms with Gasteiger partial charge in [-0.2, -0.15) is 0 Å². The molecule has 0 aromatic heterocycles. The van der Waals surface area contributed by atoms with E-state index in [-0.39, 0.29) is 5.54 Å². The first kappa shape index (κ1) is 16.5. The number of rotatable bonds is 4. The number of carbonyl (C=O) groups excluding carboxylic acids is 1. The normalized spacial score (nSPS) is 25.5. The molecule has 0 N–H and O–H groups in total. The van der Waals surface area contributed by atoms with E-state index >= 15 is 0 Å². The van der Waals surface area contributed by atoms with Gasteiger partial charge < -0.3 is 4.90 Å². The van der Waals surface area contributed by atoms with Crippen molar-refractivity contribution in [3.05, 3.63) is 34.9 Å². The van der Waals surface area contributed by atoms with Gasteiger partial charge in [0.15, 0.2) is 0 Å². The van der Waals surface area contributed by atoms with E-state index in [1.54, 1.807) is 0 Å². The van der Waals surface area contributed by atoms with E-state index < -0.39 is 0 Å². The molecule has 0 radical (unpaired) electrons. The lowest BCUT2D eigenvalue weighted by molar-refractivity contribution is -0.147. The summed E-state index contributed by atoms with van der Waals surface area (Å²) in [7, 11) is 0. The number of piperidine rings is 1. The third kappa shape index (κ3) is 2.91. The van der Waals surface area contributed by atoms with Crippen molar-refractivity contribution in [3.8, 4) is 0 Å². The highest BCUT2D eigenvalue weighted by molar-refractivity contribution is 5.87. The number of likely N-dealkylation sites (tertiary alicyclic amines) is 2. The van der Waals surface area contributed by atoms with Gasteiger partial charge in [0.1, 0.15) is 5.54 Å². The van der Waals surface area contributed by atoms with Crippen LogP contribution in [0.3, 0.4) is 0 Å². The predicted octanol–water partition coefficient (Wildman–Crippen LogP) is 3.67. The summed E-state index contributed by atoms with van der Waals surface area (Å²) >= 11 is 0. The number of benzene rings is 1. The number of amides is 1. The van der Waals surface area contributed by atoms with E-state index in [4.69, 9.17) is 0 Å². The second kappa shape index (κ2) is 6.64. The van der Waals surface area contributed by atoms with E-state index in [1.807, 2.05) is 0 Å². The number of carbonyl (C=O) groups is 1. The fourth-order valence-corrected chi connectivity index (χ4v) is 4.53. The average Bonchev–Trinajstić information content (AvgIpc) is 2.92. The highest BCUT2D eigenvalue weighted by Crippen LogP contribution is 2.39. The molecule has 1 amide bonds. The van der Waals surface area contributed by atoms with Gasteiger partial charge in [-0.3, -0.25) is 9.69 Å². The summed E-state index contributed by atoms with van der Waals surface area (Å²) in [5.74, 6) is 0.398. The molecule has 3 rings (SSSR count). The zero-order chi connectivity index (χ0) is 16.4. The second-order valence-electron chi connectivity index (χ2n) is 7.32. The standard InChI is InChI=1S/C20H30N2O/c1-4-12-21-13-6-10-20(19(21)23)11-7-14-22(20)15-18-16(2)8-5-9-17(18)3/h5,8-9H,4,6-7,10-15H2,1-3H3. The van der Waals surface area contributed by atoms with Crippen LogP contribution in [0.1, 0.15) is 55.7 Å². The monoisotopic (exact) mass is 314 g/mol. The highest BCUT2D eigenvalue weighted by atomic mass is 16.2. The Kier molecular flexibility index (Phi) is 4.77. The molecule has 126 valence electrons. The van der Waals surface area contributed by atoms with Crippen LogP contribution in [0, 0.1) is 13.8 Å². The molecule has 1 atom stereocenters. The Morgan fingerprint density at radius 3 is 2.39 bits per heavy atom. The van der Waals surface area contributed by atoms with Gasteiger partial charge in [-0.15, -0.1) is 0 Å². The second-order valence-corrected chi connectivity index (χ2v) is 7.32. The predicted molar refractivity (Wildman–Crippen MR) is 94.4 cm³/mol. The molecule has 2 heterocycles. The zero-order valence-corrected chi connectivity index (χ0v) is 14.9. The van der Waals surface area contributed by atoms with E-state index in [2.05, 4.69) is 48.8 Å². The van der Waals surface area contributed by atoms with Crippen molar-refractivity contribution in [2.24, 2.45) is 0 Å². The van der Waals surface area contributed by atoms with Crippen LogP contribution < -0.4 is 0 Å². The number of nitrogens with zero attached hydrogens (tertiary/aromatic N) is 2. The maximum absolute atomic E-state index is 13.2. The molecule has 3 nitrogen and oxygen atoms in total. The van der Waals surface area contributed by atoms with E-state index in [9.17, 15) is 4.79 Å². The summed E-state index contributed by atoms with van der Waals surface area (Å²) in [6.45, 7) is 10.4. The minimum atomic E-state index is -0.220. The van der Waals surface area contributed by atoms with Crippen LogP contribution in [-0.2, 0) is 11.3 Å². The summed E-state index contributed by atoms with van der Waals surface area (Å²) in [5.41, 5.74) is 3.89. The first-order valence-corrected chi connectivity index (χ1v) is 9.18. The molecule has 2 aliphatic heterocycles. The van der Waals surface area contributed by atoms with Gasteiger partial charge in [0.25, 0.3) is 0 Å². The first-order valence-electron chi connectivity index (χ1n) is 9.18. The molecular weight excluding hydrogens is 284 g/mol. The maximum atomic E-state index is 13.2. The molecule has 1 unspecified atom stereocenters. The quantitative estimate of drug-likeness (QED) is 0.846. The van der Waals surface area contributed by atoms with Gasteiger partial charge in [-0.05, 0) is 69.2 Å². The summed E-state index contributed by atoms with van der Waals surface area (Å²) < 4.78 is 0. The van der Waals surface area contributed by atoms with Gasteiger partial charge in [-0.25, -0.2) is 0 Å². The van der Waals surface area contributed by atoms with Crippen LogP contribution in [0.15, 0.2) is 18.2 Å². The van der Waals surface area contributed by atoms with Gasteiger partial charge >= 0.3 is 0 Å². The summed E-state index contributed by atoms with van der Waals surface area (Å²) in [5, 5.41) is 0. The van der Waals surface area contributed by atoms with Crippen LogP contribution in [-0.4, -0.2) is 40.9 Å². The summed E-state index contributed by atoms with van der Waals surface area (Å²) in [6, 6.07) is 6.51. The van der Waals surface area contributed by atoms with Crippen molar-refractivity contribution in [1.29, 1.82) is 0 Å². The molecule has 2 saturated heterocycles. The Morgan fingerprint density at radius 2 is 1.74 bits per heavy atom. The highest BCUT2D eigenvalue weighted by Gasteiger charge is 2.50. The maximum Gasteiger partial charge on any atom is 0.243 e. The molecule has 3 heteroatoms. The van der Waals surface area contributed by atoms with Crippen molar-refractivity contribution in [2.75, 3.05) is 19.6 Å². The third-order valence-corrected chi connectivity index (χ3v) is 5.81. The number of hydrogen-bond donors (Lipinski definition) is 0. The Morgan fingerprint density at radius 1 is 1.09 bits per heavy atom. The zero-order valence-electron chi connectivity index (χ0n) is 14.9. The fourth-order valence-electron chi connectivity index (χ4n) is 4.53. The van der Waals surface area contributed by atoms with Crippen molar-refractivity contribution in [3.63, 3.8) is 0 Å². The van der Waals surface area contributed by atoms with Crippen LogP contribution >= 0.6 is 0 Å².